The van der Waals surface area contributed by atoms with E-state index in [0.29, 0.717) is 25.1 Å². The van der Waals surface area contributed by atoms with Crippen molar-refractivity contribution in [2.45, 2.75) is 24.7 Å². The molecule has 0 aromatic heterocycles. The molecule has 0 radical (unpaired) electrons. The van der Waals surface area contributed by atoms with Gasteiger partial charge in [0, 0.05) is 30.8 Å². The minimum Gasteiger partial charge on any atom is -0.294 e. The number of nitrogens with zero attached hydrogens (tertiary/aromatic N) is 1. The maximum atomic E-state index is 12.6. The van der Waals surface area contributed by atoms with Crippen LogP contribution in [0, 0.1) is 0 Å². The minimum absolute atomic E-state index is 0.0338. The summed E-state index contributed by atoms with van der Waals surface area (Å²) >= 11 is 1.78. The van der Waals surface area contributed by atoms with E-state index in [4.69, 9.17) is 0 Å². The van der Waals surface area contributed by atoms with Gasteiger partial charge < -0.3 is 0 Å². The van der Waals surface area contributed by atoms with Crippen LogP contribution >= 0.6 is 11.8 Å². The number of hydrogen-bond acceptors (Lipinski definition) is 4. The Morgan fingerprint density at radius 3 is 2.85 bits per heavy atom. The van der Waals surface area contributed by atoms with Crippen molar-refractivity contribution in [1.29, 1.82) is 0 Å². The van der Waals surface area contributed by atoms with E-state index in [9.17, 15) is 13.2 Å². The molecule has 2 rings (SSSR count). The van der Waals surface area contributed by atoms with Crippen LogP contribution in [0.3, 0.4) is 0 Å². The van der Waals surface area contributed by atoms with Gasteiger partial charge in [0.25, 0.3) is 0 Å². The lowest BCUT2D eigenvalue weighted by Crippen LogP contribution is -2.33. The molecule has 1 aliphatic rings. The minimum atomic E-state index is -3.48. The van der Waals surface area contributed by atoms with E-state index in [-0.39, 0.29) is 10.7 Å². The molecule has 1 aromatic carbocycles. The first kappa shape index (κ1) is 15.5. The molecule has 1 fully saturated rings. The topological polar surface area (TPSA) is 54.5 Å². The molecule has 0 aliphatic carbocycles. The van der Waals surface area contributed by atoms with Crippen molar-refractivity contribution in [1.82, 2.24) is 4.31 Å². The van der Waals surface area contributed by atoms with Gasteiger partial charge >= 0.3 is 0 Å². The first-order valence-corrected chi connectivity index (χ1v) is 9.36. The summed E-state index contributed by atoms with van der Waals surface area (Å²) in [4.78, 5) is 11.9. The van der Waals surface area contributed by atoms with Crippen molar-refractivity contribution in [3.05, 3.63) is 29.8 Å². The van der Waals surface area contributed by atoms with Gasteiger partial charge in [-0.05, 0) is 24.3 Å². The molecule has 1 heterocycles. The number of ketones is 1. The van der Waals surface area contributed by atoms with Gasteiger partial charge in [0.2, 0.25) is 10.0 Å². The Balaban J connectivity index is 2.31. The molecule has 1 aromatic rings. The first-order chi connectivity index (χ1) is 9.55. The fourth-order valence-electron chi connectivity index (χ4n) is 2.15. The van der Waals surface area contributed by atoms with Crippen LogP contribution in [0.5, 0.6) is 0 Å². The van der Waals surface area contributed by atoms with Gasteiger partial charge in [-0.25, -0.2) is 8.42 Å². The van der Waals surface area contributed by atoms with Crippen molar-refractivity contribution in [3.63, 3.8) is 0 Å². The van der Waals surface area contributed by atoms with Gasteiger partial charge in [-0.3, -0.25) is 4.79 Å². The maximum absolute atomic E-state index is 12.6. The highest BCUT2D eigenvalue weighted by Crippen LogP contribution is 2.21. The Morgan fingerprint density at radius 2 is 2.10 bits per heavy atom. The highest BCUT2D eigenvalue weighted by molar-refractivity contribution is 7.99. The predicted octanol–water partition coefficient (Wildman–Crippen LogP) is 2.41. The van der Waals surface area contributed by atoms with Crippen LogP contribution in [0.1, 0.15) is 30.1 Å². The average Bonchev–Trinajstić information content (AvgIpc) is 2.76. The molecule has 4 nitrogen and oxygen atoms in total. The zero-order valence-corrected chi connectivity index (χ0v) is 13.2. The Labute approximate surface area is 124 Å². The van der Waals surface area contributed by atoms with E-state index in [2.05, 4.69) is 0 Å². The second-order valence-corrected chi connectivity index (χ2v) is 7.84. The van der Waals surface area contributed by atoms with Crippen LogP contribution in [-0.4, -0.2) is 43.1 Å². The lowest BCUT2D eigenvalue weighted by Gasteiger charge is -2.19. The third-order valence-corrected chi connectivity index (χ3v) is 6.24. The van der Waals surface area contributed by atoms with E-state index in [1.165, 1.54) is 10.4 Å². The smallest absolute Gasteiger partial charge is 0.243 e. The first-order valence-electron chi connectivity index (χ1n) is 6.77. The van der Waals surface area contributed by atoms with Crippen LogP contribution in [0.25, 0.3) is 0 Å². The standard InChI is InChI=1S/C14H19NO3S2/c1-2-14(16)12-5-3-6-13(11-12)20(17,18)15-7-4-9-19-10-8-15/h3,5-6,11H,2,4,7-10H2,1H3. The van der Waals surface area contributed by atoms with Crippen molar-refractivity contribution >= 4 is 27.6 Å². The van der Waals surface area contributed by atoms with Crippen LogP contribution < -0.4 is 0 Å². The van der Waals surface area contributed by atoms with Crippen LogP contribution in [-0.2, 0) is 10.0 Å². The van der Waals surface area contributed by atoms with Crippen molar-refractivity contribution < 1.29 is 13.2 Å². The summed E-state index contributed by atoms with van der Waals surface area (Å²) in [6, 6.07) is 6.38. The summed E-state index contributed by atoms with van der Waals surface area (Å²) < 4.78 is 26.7. The van der Waals surface area contributed by atoms with Gasteiger partial charge in [0.1, 0.15) is 0 Å². The molecule has 0 bridgehead atoms. The van der Waals surface area contributed by atoms with Crippen molar-refractivity contribution in [2.24, 2.45) is 0 Å². The van der Waals surface area contributed by atoms with Gasteiger partial charge in [-0.15, -0.1) is 0 Å². The summed E-state index contributed by atoms with van der Waals surface area (Å²) in [6.07, 6.45) is 1.25. The van der Waals surface area contributed by atoms with Gasteiger partial charge in [0.05, 0.1) is 4.90 Å². The van der Waals surface area contributed by atoms with Crippen molar-refractivity contribution in [3.8, 4) is 0 Å². The molecule has 0 spiro atoms. The molecule has 110 valence electrons. The fourth-order valence-corrected chi connectivity index (χ4v) is 4.67. The largest absolute Gasteiger partial charge is 0.294 e. The Morgan fingerprint density at radius 1 is 1.30 bits per heavy atom. The SMILES string of the molecule is CCC(=O)c1cccc(S(=O)(=O)N2CCCSCC2)c1. The second-order valence-electron chi connectivity index (χ2n) is 4.67. The molecule has 6 heteroatoms. The molecule has 0 amide bonds. The number of rotatable bonds is 4. The zero-order chi connectivity index (χ0) is 14.6. The number of Topliss-reactive ketones (excluding diaryl/α,β-unsaturated/α-hetero) is 1. The molecule has 0 N–H and O–H groups in total. The Kier molecular flexibility index (Phi) is 5.23. The normalized spacial score (nSPS) is 17.6. The van der Waals surface area contributed by atoms with E-state index in [0.717, 1.165) is 17.9 Å². The van der Waals surface area contributed by atoms with E-state index >= 15 is 0 Å². The van der Waals surface area contributed by atoms with E-state index in [1.807, 2.05) is 0 Å². The van der Waals surface area contributed by atoms with Gasteiger partial charge in [-0.2, -0.15) is 16.1 Å². The highest BCUT2D eigenvalue weighted by atomic mass is 32.2. The van der Waals surface area contributed by atoms with Crippen LogP contribution in [0.15, 0.2) is 29.2 Å². The van der Waals surface area contributed by atoms with Gasteiger partial charge in [0.15, 0.2) is 5.78 Å². The summed E-state index contributed by atoms with van der Waals surface area (Å²) in [5.41, 5.74) is 0.470. The molecule has 0 atom stereocenters. The summed E-state index contributed by atoms with van der Waals surface area (Å²) in [7, 11) is -3.48. The third-order valence-electron chi connectivity index (χ3n) is 3.30. The molecule has 1 saturated heterocycles. The number of carbonyl (C=O) groups excluding carboxylic acids is 1. The number of thioether (sulfide) groups is 1. The number of hydrogen-bond donors (Lipinski definition) is 0. The Bertz CT molecular complexity index is 576. The lowest BCUT2D eigenvalue weighted by molar-refractivity contribution is 0.0988. The van der Waals surface area contributed by atoms with Gasteiger partial charge in [-0.1, -0.05) is 19.1 Å². The molecular weight excluding hydrogens is 294 g/mol. The van der Waals surface area contributed by atoms with E-state index < -0.39 is 10.0 Å². The van der Waals surface area contributed by atoms with E-state index in [1.54, 1.807) is 36.9 Å². The maximum Gasteiger partial charge on any atom is 0.243 e. The molecule has 1 aliphatic heterocycles. The zero-order valence-electron chi connectivity index (χ0n) is 11.5. The summed E-state index contributed by atoms with van der Waals surface area (Å²) in [5, 5.41) is 0. The lowest BCUT2D eigenvalue weighted by atomic mass is 10.1. The number of sulfonamides is 1. The highest BCUT2D eigenvalue weighted by Gasteiger charge is 2.25. The average molecular weight is 313 g/mol. The molecule has 20 heavy (non-hydrogen) atoms. The molecular formula is C14H19NO3S2. The second kappa shape index (κ2) is 6.74. The monoisotopic (exact) mass is 313 g/mol. The summed E-state index contributed by atoms with van der Waals surface area (Å²) in [6.45, 7) is 2.87. The Hall–Kier alpha value is -0.850. The summed E-state index contributed by atoms with van der Waals surface area (Å²) in [5.74, 6) is 1.79. The van der Waals surface area contributed by atoms with Crippen LogP contribution in [0.2, 0.25) is 0 Å². The van der Waals surface area contributed by atoms with Crippen molar-refractivity contribution in [2.75, 3.05) is 24.6 Å². The number of carbonyl (C=O) groups is 1. The molecule has 0 unspecified atom stereocenters. The number of benzene rings is 1. The predicted molar refractivity (Wildman–Crippen MR) is 81.8 cm³/mol. The fraction of sp³-hybridized carbons (Fsp3) is 0.500. The van der Waals surface area contributed by atoms with Crippen LogP contribution in [0.4, 0.5) is 0 Å². The molecule has 0 saturated carbocycles. The third kappa shape index (κ3) is 3.42. The quantitative estimate of drug-likeness (QED) is 0.801.